The summed E-state index contributed by atoms with van der Waals surface area (Å²) in [7, 11) is -1.74. The number of nitro groups is 1. The molecule has 0 unspecified atom stereocenters. The highest BCUT2D eigenvalue weighted by atomic mass is 35.5. The van der Waals surface area contributed by atoms with E-state index in [2.05, 4.69) is 4.72 Å². The van der Waals surface area contributed by atoms with E-state index in [0.29, 0.717) is 15.6 Å². The Balaban J connectivity index is 2.18. The zero-order chi connectivity index (χ0) is 15.4. The molecule has 0 aliphatic heterocycles. The van der Waals surface area contributed by atoms with Crippen molar-refractivity contribution in [1.82, 2.24) is 4.72 Å². The van der Waals surface area contributed by atoms with E-state index < -0.39 is 15.9 Å². The molecule has 0 saturated carbocycles. The highest BCUT2D eigenvalue weighted by Gasteiger charge is 2.18. The van der Waals surface area contributed by atoms with Crippen LogP contribution in [0.15, 0.2) is 47.4 Å². The normalized spacial score (nSPS) is 12.1. The van der Waals surface area contributed by atoms with Crippen molar-refractivity contribution < 1.29 is 9.13 Å². The van der Waals surface area contributed by atoms with Gasteiger partial charge in [-0.1, -0.05) is 41.4 Å². The molecule has 1 N–H and O–H groups in total. The van der Waals surface area contributed by atoms with Crippen molar-refractivity contribution in [2.45, 2.75) is 11.4 Å². The molecule has 0 fully saturated rings. The van der Waals surface area contributed by atoms with E-state index >= 15 is 0 Å². The molecule has 0 radical (unpaired) electrons. The van der Waals surface area contributed by atoms with Crippen LogP contribution in [0.4, 0.5) is 5.69 Å². The minimum atomic E-state index is -1.74. The van der Waals surface area contributed by atoms with Crippen molar-refractivity contribution in [3.8, 4) is 0 Å². The molecule has 0 aliphatic carbocycles. The van der Waals surface area contributed by atoms with E-state index in [1.807, 2.05) is 0 Å². The third-order valence-electron chi connectivity index (χ3n) is 2.70. The first-order valence-electron chi connectivity index (χ1n) is 5.82. The average Bonchev–Trinajstić information content (AvgIpc) is 2.46. The van der Waals surface area contributed by atoms with Gasteiger partial charge in [0, 0.05) is 28.2 Å². The van der Waals surface area contributed by atoms with Gasteiger partial charge in [0.2, 0.25) is 0 Å². The van der Waals surface area contributed by atoms with Gasteiger partial charge >= 0.3 is 0 Å². The van der Waals surface area contributed by atoms with E-state index in [0.717, 1.165) is 0 Å². The van der Waals surface area contributed by atoms with E-state index in [9.17, 15) is 14.3 Å². The van der Waals surface area contributed by atoms with Crippen LogP contribution in [-0.2, 0) is 17.5 Å². The Bertz CT molecular complexity index is 689. The summed E-state index contributed by atoms with van der Waals surface area (Å²) in [5.41, 5.74) is 0.390. The predicted octanol–water partition coefficient (Wildman–Crippen LogP) is 3.71. The van der Waals surface area contributed by atoms with E-state index in [1.54, 1.807) is 24.3 Å². The Hall–Kier alpha value is -1.47. The molecule has 0 heterocycles. The lowest BCUT2D eigenvalue weighted by Gasteiger charge is -2.08. The monoisotopic (exact) mass is 344 g/mol. The lowest BCUT2D eigenvalue weighted by molar-refractivity contribution is -0.387. The second kappa shape index (κ2) is 7.00. The molecule has 21 heavy (non-hydrogen) atoms. The van der Waals surface area contributed by atoms with Gasteiger partial charge in [0.15, 0.2) is 0 Å². The molecule has 110 valence electrons. The van der Waals surface area contributed by atoms with Gasteiger partial charge in [0.25, 0.3) is 5.69 Å². The fourth-order valence-electron chi connectivity index (χ4n) is 1.68. The average molecular weight is 345 g/mol. The van der Waals surface area contributed by atoms with Gasteiger partial charge in [-0.2, -0.15) is 0 Å². The largest absolute Gasteiger partial charge is 0.286 e. The molecule has 0 aliphatic rings. The van der Waals surface area contributed by atoms with Crippen molar-refractivity contribution in [1.29, 1.82) is 0 Å². The topological polar surface area (TPSA) is 72.2 Å². The van der Waals surface area contributed by atoms with Crippen LogP contribution in [0, 0.1) is 10.1 Å². The molecule has 0 aromatic heterocycles. The van der Waals surface area contributed by atoms with Gasteiger partial charge in [0.1, 0.15) is 15.9 Å². The summed E-state index contributed by atoms with van der Waals surface area (Å²) in [6.45, 7) is 0.136. The number of halogens is 2. The number of hydrogen-bond donors (Lipinski definition) is 1. The Kier molecular flexibility index (Phi) is 5.30. The van der Waals surface area contributed by atoms with Crippen LogP contribution in [0.3, 0.4) is 0 Å². The maximum atomic E-state index is 12.2. The third-order valence-corrected chi connectivity index (χ3v) is 4.56. The fraction of sp³-hybridized carbons (Fsp3) is 0.0769. The van der Waals surface area contributed by atoms with Gasteiger partial charge in [-0.3, -0.25) is 10.1 Å². The number of rotatable bonds is 5. The fourth-order valence-corrected chi connectivity index (χ4v) is 3.18. The van der Waals surface area contributed by atoms with E-state index in [-0.39, 0.29) is 17.1 Å². The van der Waals surface area contributed by atoms with E-state index in [4.69, 9.17) is 23.2 Å². The van der Waals surface area contributed by atoms with Crippen LogP contribution in [0.5, 0.6) is 0 Å². The number of nitrogens with zero attached hydrogens (tertiary/aromatic N) is 1. The van der Waals surface area contributed by atoms with Crippen LogP contribution >= 0.6 is 23.2 Å². The quantitative estimate of drug-likeness (QED) is 0.663. The summed E-state index contributed by atoms with van der Waals surface area (Å²) >= 11 is 12.0. The van der Waals surface area contributed by atoms with Crippen LogP contribution in [0.2, 0.25) is 10.0 Å². The van der Waals surface area contributed by atoms with Crippen LogP contribution in [-0.4, -0.2) is 9.13 Å². The Morgan fingerprint density at radius 3 is 2.33 bits per heavy atom. The maximum Gasteiger partial charge on any atom is 0.286 e. The van der Waals surface area contributed by atoms with E-state index in [1.165, 1.54) is 18.2 Å². The SMILES string of the molecule is O=[N+]([O-])c1ccccc1[S@](=O)NCc1c(Cl)cccc1Cl. The molecule has 0 spiro atoms. The molecule has 0 bridgehead atoms. The highest BCUT2D eigenvalue weighted by Crippen LogP contribution is 2.25. The minimum absolute atomic E-state index is 0.102. The van der Waals surface area contributed by atoms with Crippen molar-refractivity contribution in [2.75, 3.05) is 0 Å². The molecule has 0 amide bonds. The zero-order valence-corrected chi connectivity index (χ0v) is 12.9. The standard InChI is InChI=1S/C13H10Cl2N2O3S/c14-10-4-3-5-11(15)9(10)8-16-21(20)13-7-2-1-6-12(13)17(18)19/h1-7,16H,8H2/t21-/m0/s1. The Morgan fingerprint density at radius 2 is 1.71 bits per heavy atom. The second-order valence-electron chi connectivity index (χ2n) is 4.01. The van der Waals surface area contributed by atoms with Crippen LogP contribution in [0.25, 0.3) is 0 Å². The minimum Gasteiger partial charge on any atom is -0.258 e. The van der Waals surface area contributed by atoms with Crippen LogP contribution in [0.1, 0.15) is 5.56 Å². The number of nitrogens with one attached hydrogen (secondary N) is 1. The Morgan fingerprint density at radius 1 is 1.10 bits per heavy atom. The molecule has 5 nitrogen and oxygen atoms in total. The van der Waals surface area contributed by atoms with Gasteiger partial charge in [-0.25, -0.2) is 8.93 Å². The van der Waals surface area contributed by atoms with Crippen molar-refractivity contribution in [2.24, 2.45) is 0 Å². The summed E-state index contributed by atoms with van der Waals surface area (Å²) in [6.07, 6.45) is 0. The zero-order valence-electron chi connectivity index (χ0n) is 10.6. The lowest BCUT2D eigenvalue weighted by atomic mass is 10.2. The van der Waals surface area contributed by atoms with Gasteiger partial charge in [0.05, 0.1) is 4.92 Å². The molecular weight excluding hydrogens is 335 g/mol. The van der Waals surface area contributed by atoms with Crippen molar-refractivity contribution in [3.63, 3.8) is 0 Å². The highest BCUT2D eigenvalue weighted by molar-refractivity contribution is 7.83. The number of benzene rings is 2. The smallest absolute Gasteiger partial charge is 0.258 e. The molecular formula is C13H10Cl2N2O3S. The van der Waals surface area contributed by atoms with Gasteiger partial charge in [-0.05, 0) is 18.2 Å². The summed E-state index contributed by atoms with van der Waals surface area (Å²) < 4.78 is 14.9. The summed E-state index contributed by atoms with van der Waals surface area (Å²) in [5.74, 6) is 0. The molecule has 2 aromatic carbocycles. The number of hydrogen-bond acceptors (Lipinski definition) is 3. The molecule has 0 saturated heterocycles. The number of para-hydroxylation sites is 1. The number of nitro benzene ring substituents is 1. The lowest BCUT2D eigenvalue weighted by Crippen LogP contribution is -2.18. The first kappa shape index (κ1) is 15.9. The summed E-state index contributed by atoms with van der Waals surface area (Å²) in [5, 5.41) is 11.8. The molecule has 1 atom stereocenters. The third kappa shape index (κ3) is 3.79. The van der Waals surface area contributed by atoms with Gasteiger partial charge in [-0.15, -0.1) is 0 Å². The van der Waals surface area contributed by atoms with Crippen LogP contribution < -0.4 is 4.72 Å². The van der Waals surface area contributed by atoms with Crippen molar-refractivity contribution in [3.05, 3.63) is 68.2 Å². The van der Waals surface area contributed by atoms with Crippen molar-refractivity contribution >= 4 is 39.9 Å². The maximum absolute atomic E-state index is 12.2. The predicted molar refractivity (Wildman–Crippen MR) is 82.8 cm³/mol. The second-order valence-corrected chi connectivity index (χ2v) is 6.10. The van der Waals surface area contributed by atoms with Gasteiger partial charge < -0.3 is 0 Å². The molecule has 2 rings (SSSR count). The first-order chi connectivity index (χ1) is 10.0. The summed E-state index contributed by atoms with van der Waals surface area (Å²) in [4.78, 5) is 10.4. The Labute approximate surface area is 133 Å². The molecule has 2 aromatic rings. The molecule has 8 heteroatoms. The summed E-state index contributed by atoms with van der Waals surface area (Å²) in [6, 6.07) is 10.9. The first-order valence-corrected chi connectivity index (χ1v) is 7.73.